The first-order chi connectivity index (χ1) is 10.8. The Morgan fingerprint density at radius 3 is 2.36 bits per heavy atom. The number of aromatic hydroxyl groups is 1. The van der Waals surface area contributed by atoms with E-state index in [1.54, 1.807) is 12.1 Å². The van der Waals surface area contributed by atoms with Crippen LogP contribution in [0, 0.1) is 0 Å². The third-order valence-corrected chi connectivity index (χ3v) is 3.22. The number of ether oxygens (including phenoxy) is 1. The number of benzene rings is 3. The van der Waals surface area contributed by atoms with Gasteiger partial charge in [0, 0.05) is 18.3 Å². The molecule has 0 aliphatic rings. The van der Waals surface area contributed by atoms with Gasteiger partial charge in [0.1, 0.15) is 17.2 Å². The van der Waals surface area contributed by atoms with E-state index in [1.165, 1.54) is 0 Å². The van der Waals surface area contributed by atoms with E-state index < -0.39 is 0 Å². The summed E-state index contributed by atoms with van der Waals surface area (Å²) >= 11 is 0. The first kappa shape index (κ1) is 14.0. The molecule has 0 saturated heterocycles. The molecule has 3 rings (SSSR count). The van der Waals surface area contributed by atoms with Gasteiger partial charge in [-0.3, -0.25) is 0 Å². The molecule has 0 aromatic heterocycles. The second-order valence-corrected chi connectivity index (χ2v) is 4.97. The van der Waals surface area contributed by atoms with Crippen molar-refractivity contribution in [2.45, 2.75) is 6.54 Å². The maximum Gasteiger partial charge on any atom is 0.129 e. The number of nitrogens with one attached hydrogen (secondary N) is 1. The molecule has 22 heavy (non-hydrogen) atoms. The Labute approximate surface area is 129 Å². The van der Waals surface area contributed by atoms with Crippen LogP contribution in [0.2, 0.25) is 0 Å². The molecule has 110 valence electrons. The van der Waals surface area contributed by atoms with Crippen LogP contribution < -0.4 is 10.1 Å². The number of hydrogen-bond acceptors (Lipinski definition) is 3. The molecular weight excluding hydrogens is 274 g/mol. The summed E-state index contributed by atoms with van der Waals surface area (Å²) in [5.41, 5.74) is 1.99. The van der Waals surface area contributed by atoms with Crippen LogP contribution in [0.15, 0.2) is 78.9 Å². The molecule has 2 N–H and O–H groups in total. The normalized spacial score (nSPS) is 10.2. The lowest BCUT2D eigenvalue weighted by atomic mass is 10.2. The van der Waals surface area contributed by atoms with Crippen LogP contribution >= 0.6 is 0 Å². The summed E-state index contributed by atoms with van der Waals surface area (Å²) < 4.78 is 5.81. The second kappa shape index (κ2) is 6.68. The van der Waals surface area contributed by atoms with E-state index in [-0.39, 0.29) is 5.75 Å². The van der Waals surface area contributed by atoms with Crippen molar-refractivity contribution in [2.24, 2.45) is 0 Å². The van der Waals surface area contributed by atoms with E-state index in [0.717, 1.165) is 22.7 Å². The molecule has 3 heteroatoms. The SMILES string of the molecule is Oc1cccc(CNc2cccc(Oc3ccccc3)c2)c1. The van der Waals surface area contributed by atoms with Crippen LogP contribution in [0.25, 0.3) is 0 Å². The van der Waals surface area contributed by atoms with Crippen molar-refractivity contribution in [3.05, 3.63) is 84.4 Å². The quantitative estimate of drug-likeness (QED) is 0.709. The van der Waals surface area contributed by atoms with E-state index >= 15 is 0 Å². The first-order valence-corrected chi connectivity index (χ1v) is 7.14. The smallest absolute Gasteiger partial charge is 0.129 e. The molecule has 0 radical (unpaired) electrons. The summed E-state index contributed by atoms with van der Waals surface area (Å²) in [7, 11) is 0. The molecule has 0 atom stereocenters. The molecule has 0 heterocycles. The molecule has 0 spiro atoms. The van der Waals surface area contributed by atoms with Crippen molar-refractivity contribution >= 4 is 5.69 Å². The van der Waals surface area contributed by atoms with Gasteiger partial charge in [0.15, 0.2) is 0 Å². The summed E-state index contributed by atoms with van der Waals surface area (Å²) in [6.07, 6.45) is 0. The minimum Gasteiger partial charge on any atom is -0.508 e. The monoisotopic (exact) mass is 291 g/mol. The van der Waals surface area contributed by atoms with Crippen LogP contribution in [0.4, 0.5) is 5.69 Å². The summed E-state index contributed by atoms with van der Waals surface area (Å²) in [5.74, 6) is 1.88. The van der Waals surface area contributed by atoms with Gasteiger partial charge in [-0.15, -0.1) is 0 Å². The standard InChI is InChI=1S/C19H17NO2/c21-17-8-4-6-15(12-17)14-20-16-7-5-11-19(13-16)22-18-9-2-1-3-10-18/h1-13,20-21H,14H2. The molecule has 3 nitrogen and oxygen atoms in total. The minimum atomic E-state index is 0.278. The van der Waals surface area contributed by atoms with E-state index in [2.05, 4.69) is 5.32 Å². The summed E-state index contributed by atoms with van der Waals surface area (Å²) in [4.78, 5) is 0. The number of anilines is 1. The van der Waals surface area contributed by atoms with Crippen LogP contribution in [0.3, 0.4) is 0 Å². The van der Waals surface area contributed by atoms with Crippen molar-refractivity contribution in [1.82, 2.24) is 0 Å². The zero-order valence-corrected chi connectivity index (χ0v) is 12.1. The van der Waals surface area contributed by atoms with Crippen molar-refractivity contribution in [2.75, 3.05) is 5.32 Å². The van der Waals surface area contributed by atoms with Gasteiger partial charge in [0.2, 0.25) is 0 Å². The van der Waals surface area contributed by atoms with Crippen molar-refractivity contribution < 1.29 is 9.84 Å². The Balaban J connectivity index is 1.66. The van der Waals surface area contributed by atoms with Crippen molar-refractivity contribution in [3.8, 4) is 17.2 Å². The highest BCUT2D eigenvalue weighted by Crippen LogP contribution is 2.24. The van der Waals surface area contributed by atoms with Crippen LogP contribution in [0.5, 0.6) is 17.2 Å². The minimum absolute atomic E-state index is 0.278. The Bertz CT molecular complexity index is 741. The van der Waals surface area contributed by atoms with Gasteiger partial charge < -0.3 is 15.2 Å². The number of phenolic OH excluding ortho intramolecular Hbond substituents is 1. The van der Waals surface area contributed by atoms with Crippen LogP contribution in [0.1, 0.15) is 5.56 Å². The molecule has 0 aliphatic carbocycles. The fourth-order valence-corrected chi connectivity index (χ4v) is 2.16. The summed E-state index contributed by atoms with van der Waals surface area (Å²) in [5, 5.41) is 12.8. The van der Waals surface area contributed by atoms with Crippen molar-refractivity contribution in [3.63, 3.8) is 0 Å². The van der Waals surface area contributed by atoms with Gasteiger partial charge in [0.25, 0.3) is 0 Å². The van der Waals surface area contributed by atoms with Gasteiger partial charge in [-0.25, -0.2) is 0 Å². The predicted octanol–water partition coefficient (Wildman–Crippen LogP) is 4.80. The van der Waals surface area contributed by atoms with Gasteiger partial charge in [-0.05, 0) is 42.0 Å². The fourth-order valence-electron chi connectivity index (χ4n) is 2.16. The lowest BCUT2D eigenvalue weighted by Gasteiger charge is -2.10. The van der Waals surface area contributed by atoms with E-state index in [0.29, 0.717) is 6.54 Å². The highest BCUT2D eigenvalue weighted by Gasteiger charge is 2.00. The molecule has 0 fully saturated rings. The van der Waals surface area contributed by atoms with Crippen LogP contribution in [-0.4, -0.2) is 5.11 Å². The number of rotatable bonds is 5. The Morgan fingerprint density at radius 1 is 0.773 bits per heavy atom. The maximum absolute atomic E-state index is 9.47. The van der Waals surface area contributed by atoms with Crippen LogP contribution in [-0.2, 0) is 6.54 Å². The molecule has 0 unspecified atom stereocenters. The average Bonchev–Trinajstić information content (AvgIpc) is 2.54. The Hall–Kier alpha value is -2.94. The zero-order chi connectivity index (χ0) is 15.2. The highest BCUT2D eigenvalue weighted by atomic mass is 16.5. The van der Waals surface area contributed by atoms with Crippen molar-refractivity contribution in [1.29, 1.82) is 0 Å². The molecule has 3 aromatic rings. The molecule has 0 amide bonds. The van der Waals surface area contributed by atoms with E-state index in [1.807, 2.05) is 66.7 Å². The molecule has 3 aromatic carbocycles. The largest absolute Gasteiger partial charge is 0.508 e. The van der Waals surface area contributed by atoms with Gasteiger partial charge in [0.05, 0.1) is 0 Å². The fraction of sp³-hybridized carbons (Fsp3) is 0.0526. The topological polar surface area (TPSA) is 41.5 Å². The van der Waals surface area contributed by atoms with Gasteiger partial charge in [-0.1, -0.05) is 36.4 Å². The summed E-state index contributed by atoms with van der Waals surface area (Å²) in [6.45, 7) is 0.642. The number of para-hydroxylation sites is 1. The van der Waals surface area contributed by atoms with Gasteiger partial charge >= 0.3 is 0 Å². The zero-order valence-electron chi connectivity index (χ0n) is 12.1. The van der Waals surface area contributed by atoms with Gasteiger partial charge in [-0.2, -0.15) is 0 Å². The number of hydrogen-bond donors (Lipinski definition) is 2. The van der Waals surface area contributed by atoms with E-state index in [9.17, 15) is 5.11 Å². The molecule has 0 bridgehead atoms. The highest BCUT2D eigenvalue weighted by molar-refractivity contribution is 5.49. The Morgan fingerprint density at radius 2 is 1.55 bits per heavy atom. The lowest BCUT2D eigenvalue weighted by Crippen LogP contribution is -1.99. The maximum atomic E-state index is 9.47. The first-order valence-electron chi connectivity index (χ1n) is 7.14. The third kappa shape index (κ3) is 3.79. The Kier molecular flexibility index (Phi) is 4.25. The summed E-state index contributed by atoms with van der Waals surface area (Å²) in [6, 6.07) is 24.7. The third-order valence-electron chi connectivity index (χ3n) is 3.22. The molecule has 0 saturated carbocycles. The lowest BCUT2D eigenvalue weighted by molar-refractivity contribution is 0.474. The van der Waals surface area contributed by atoms with E-state index in [4.69, 9.17) is 4.74 Å². The molecule has 0 aliphatic heterocycles. The number of phenols is 1. The predicted molar refractivity (Wildman–Crippen MR) is 88.4 cm³/mol. The average molecular weight is 291 g/mol. The molecular formula is C19H17NO2. The second-order valence-electron chi connectivity index (χ2n) is 4.97.